The van der Waals surface area contributed by atoms with Crippen LogP contribution in [0.15, 0.2) is 34.9 Å². The first-order chi connectivity index (χ1) is 10.5. The average molecular weight is 296 g/mol. The standard InChI is InChI=1S/C17H20N4O/c1-17(2,3)21-14-8-9-20(11-12(14)10-18-21)16-19-13-6-4-5-7-15(13)22-16/h4-7,10H,8-9,11H2,1-3H3. The van der Waals surface area contributed by atoms with Gasteiger partial charge in [-0.3, -0.25) is 4.68 Å². The number of oxazole rings is 1. The molecule has 3 aromatic rings. The van der Waals surface area contributed by atoms with Gasteiger partial charge in [0.2, 0.25) is 0 Å². The first-order valence-corrected chi connectivity index (χ1v) is 7.69. The lowest BCUT2D eigenvalue weighted by atomic mass is 10.0. The van der Waals surface area contributed by atoms with Crippen molar-refractivity contribution in [3.8, 4) is 0 Å². The molecule has 0 radical (unpaired) electrons. The molecule has 0 N–H and O–H groups in total. The topological polar surface area (TPSA) is 47.1 Å². The Kier molecular flexibility index (Phi) is 2.79. The minimum Gasteiger partial charge on any atom is -0.423 e. The number of hydrogen-bond donors (Lipinski definition) is 0. The molecule has 0 atom stereocenters. The highest BCUT2D eigenvalue weighted by Crippen LogP contribution is 2.29. The molecule has 0 amide bonds. The van der Waals surface area contributed by atoms with Gasteiger partial charge in [-0.15, -0.1) is 0 Å². The van der Waals surface area contributed by atoms with E-state index in [9.17, 15) is 0 Å². The molecule has 4 rings (SSSR count). The van der Waals surface area contributed by atoms with Crippen LogP contribution in [0, 0.1) is 0 Å². The van der Waals surface area contributed by atoms with E-state index in [2.05, 4.69) is 40.4 Å². The molecule has 0 saturated heterocycles. The normalized spacial score (nSPS) is 15.3. The molecule has 3 heterocycles. The third kappa shape index (κ3) is 2.08. The second-order valence-corrected chi connectivity index (χ2v) is 6.83. The fourth-order valence-electron chi connectivity index (χ4n) is 3.07. The van der Waals surface area contributed by atoms with E-state index in [1.54, 1.807) is 0 Å². The second-order valence-electron chi connectivity index (χ2n) is 6.83. The quantitative estimate of drug-likeness (QED) is 0.691. The van der Waals surface area contributed by atoms with Crippen LogP contribution in [0.1, 0.15) is 32.0 Å². The Labute approximate surface area is 129 Å². The SMILES string of the molecule is CC(C)(C)n1ncc2c1CCN(c1nc3ccccc3o1)C2. The molecule has 5 nitrogen and oxygen atoms in total. The summed E-state index contributed by atoms with van der Waals surface area (Å²) in [5, 5.41) is 4.58. The summed E-state index contributed by atoms with van der Waals surface area (Å²) in [5.74, 6) is 0. The van der Waals surface area contributed by atoms with Crippen LogP contribution in [0.3, 0.4) is 0 Å². The highest BCUT2D eigenvalue weighted by molar-refractivity contribution is 5.74. The summed E-state index contributed by atoms with van der Waals surface area (Å²) in [6.07, 6.45) is 2.95. The van der Waals surface area contributed by atoms with E-state index in [1.165, 1.54) is 11.3 Å². The second kappa shape index (κ2) is 4.60. The van der Waals surface area contributed by atoms with Crippen molar-refractivity contribution in [3.63, 3.8) is 0 Å². The number of para-hydroxylation sites is 2. The van der Waals surface area contributed by atoms with Gasteiger partial charge >= 0.3 is 0 Å². The van der Waals surface area contributed by atoms with Crippen molar-refractivity contribution >= 4 is 17.1 Å². The van der Waals surface area contributed by atoms with Gasteiger partial charge in [0.05, 0.1) is 18.3 Å². The zero-order valence-electron chi connectivity index (χ0n) is 13.2. The molecule has 2 aromatic heterocycles. The van der Waals surface area contributed by atoms with Gasteiger partial charge < -0.3 is 9.32 Å². The Morgan fingerprint density at radius 3 is 2.77 bits per heavy atom. The summed E-state index contributed by atoms with van der Waals surface area (Å²) in [7, 11) is 0. The summed E-state index contributed by atoms with van der Waals surface area (Å²) in [5.41, 5.74) is 4.37. The van der Waals surface area contributed by atoms with E-state index >= 15 is 0 Å². The van der Waals surface area contributed by atoms with E-state index in [1.807, 2.05) is 30.5 Å². The minimum atomic E-state index is 0.0212. The van der Waals surface area contributed by atoms with E-state index < -0.39 is 0 Å². The molecular weight excluding hydrogens is 276 g/mol. The average Bonchev–Trinajstić information content (AvgIpc) is 3.09. The molecule has 0 unspecified atom stereocenters. The zero-order chi connectivity index (χ0) is 15.3. The van der Waals surface area contributed by atoms with Crippen LogP contribution in [0.5, 0.6) is 0 Å². The lowest BCUT2D eigenvalue weighted by molar-refractivity contribution is 0.341. The molecule has 0 bridgehead atoms. The molecule has 1 aliphatic heterocycles. The van der Waals surface area contributed by atoms with Crippen LogP contribution in [0.4, 0.5) is 6.01 Å². The minimum absolute atomic E-state index is 0.0212. The van der Waals surface area contributed by atoms with Crippen LogP contribution >= 0.6 is 0 Å². The number of benzene rings is 1. The lowest BCUT2D eigenvalue weighted by Gasteiger charge is -2.29. The number of rotatable bonds is 1. The number of hydrogen-bond acceptors (Lipinski definition) is 4. The largest absolute Gasteiger partial charge is 0.423 e. The van der Waals surface area contributed by atoms with E-state index in [-0.39, 0.29) is 5.54 Å². The van der Waals surface area contributed by atoms with Crippen molar-refractivity contribution in [2.75, 3.05) is 11.4 Å². The summed E-state index contributed by atoms with van der Waals surface area (Å²) in [6.45, 7) is 8.27. The predicted octanol–water partition coefficient (Wildman–Crippen LogP) is 3.34. The zero-order valence-corrected chi connectivity index (χ0v) is 13.2. The van der Waals surface area contributed by atoms with Crippen molar-refractivity contribution in [2.24, 2.45) is 0 Å². The molecule has 1 aromatic carbocycles. The van der Waals surface area contributed by atoms with Gasteiger partial charge in [-0.25, -0.2) is 0 Å². The molecular formula is C17H20N4O. The van der Waals surface area contributed by atoms with Crippen molar-refractivity contribution in [1.29, 1.82) is 0 Å². The molecule has 114 valence electrons. The number of fused-ring (bicyclic) bond motifs is 2. The van der Waals surface area contributed by atoms with Gasteiger partial charge in [-0.1, -0.05) is 12.1 Å². The maximum absolute atomic E-state index is 5.88. The van der Waals surface area contributed by atoms with Crippen LogP contribution in [-0.2, 0) is 18.5 Å². The van der Waals surface area contributed by atoms with Gasteiger partial charge in [-0.2, -0.15) is 10.1 Å². The molecule has 0 spiro atoms. The van der Waals surface area contributed by atoms with Crippen molar-refractivity contribution in [2.45, 2.75) is 39.3 Å². The molecule has 5 heteroatoms. The monoisotopic (exact) mass is 296 g/mol. The maximum atomic E-state index is 5.88. The van der Waals surface area contributed by atoms with E-state index in [0.29, 0.717) is 6.01 Å². The van der Waals surface area contributed by atoms with E-state index in [4.69, 9.17) is 4.42 Å². The Hall–Kier alpha value is -2.30. The third-order valence-electron chi connectivity index (χ3n) is 4.12. The molecule has 1 aliphatic rings. The van der Waals surface area contributed by atoms with Gasteiger partial charge in [0, 0.05) is 24.2 Å². The van der Waals surface area contributed by atoms with Crippen molar-refractivity contribution in [3.05, 3.63) is 41.7 Å². The predicted molar refractivity (Wildman–Crippen MR) is 86.0 cm³/mol. The van der Waals surface area contributed by atoms with E-state index in [0.717, 1.165) is 30.6 Å². The molecule has 0 fully saturated rings. The number of aromatic nitrogens is 3. The highest BCUT2D eigenvalue weighted by atomic mass is 16.4. The van der Waals surface area contributed by atoms with Crippen LogP contribution in [0.25, 0.3) is 11.1 Å². The summed E-state index contributed by atoms with van der Waals surface area (Å²) in [6, 6.07) is 8.60. The third-order valence-corrected chi connectivity index (χ3v) is 4.12. The summed E-state index contributed by atoms with van der Waals surface area (Å²) in [4.78, 5) is 6.79. The first-order valence-electron chi connectivity index (χ1n) is 7.69. The van der Waals surface area contributed by atoms with Gasteiger partial charge in [0.25, 0.3) is 6.01 Å². The van der Waals surface area contributed by atoms with Crippen LogP contribution in [-0.4, -0.2) is 21.3 Å². The Balaban J connectivity index is 1.66. The molecule has 0 aliphatic carbocycles. The van der Waals surface area contributed by atoms with Crippen molar-refractivity contribution < 1.29 is 4.42 Å². The van der Waals surface area contributed by atoms with Crippen LogP contribution in [0.2, 0.25) is 0 Å². The fourth-order valence-corrected chi connectivity index (χ4v) is 3.07. The Morgan fingerprint density at radius 1 is 1.18 bits per heavy atom. The van der Waals surface area contributed by atoms with Crippen molar-refractivity contribution in [1.82, 2.24) is 14.8 Å². The maximum Gasteiger partial charge on any atom is 0.298 e. The Bertz CT molecular complexity index is 792. The fraction of sp³-hybridized carbons (Fsp3) is 0.412. The summed E-state index contributed by atoms with van der Waals surface area (Å²) >= 11 is 0. The molecule has 22 heavy (non-hydrogen) atoms. The van der Waals surface area contributed by atoms with Gasteiger partial charge in [0.15, 0.2) is 5.58 Å². The summed E-state index contributed by atoms with van der Waals surface area (Å²) < 4.78 is 8.03. The van der Waals surface area contributed by atoms with Gasteiger partial charge in [-0.05, 0) is 32.9 Å². The lowest BCUT2D eigenvalue weighted by Crippen LogP contribution is -2.33. The number of nitrogens with zero attached hydrogens (tertiary/aromatic N) is 4. The first kappa shape index (κ1) is 13.4. The molecule has 0 saturated carbocycles. The van der Waals surface area contributed by atoms with Gasteiger partial charge in [0.1, 0.15) is 5.52 Å². The Morgan fingerprint density at radius 2 is 2.00 bits per heavy atom. The smallest absolute Gasteiger partial charge is 0.298 e. The number of anilines is 1. The highest BCUT2D eigenvalue weighted by Gasteiger charge is 2.27. The van der Waals surface area contributed by atoms with Crippen LogP contribution < -0.4 is 4.90 Å².